The molecule has 0 unspecified atom stereocenters. The second-order valence-corrected chi connectivity index (χ2v) is 6.06. The first-order valence-electron chi connectivity index (χ1n) is 4.10. The highest BCUT2D eigenvalue weighted by Gasteiger charge is 2.29. The van der Waals surface area contributed by atoms with Gasteiger partial charge in [0.1, 0.15) is 6.61 Å². The predicted octanol–water partition coefficient (Wildman–Crippen LogP) is 1.52. The highest BCUT2D eigenvalue weighted by molar-refractivity contribution is 9.10. The Morgan fingerprint density at radius 3 is 2.67 bits per heavy atom. The fourth-order valence-electron chi connectivity index (χ4n) is 1.55. The fraction of sp³-hybridized carbons (Fsp3) is 0.222. The lowest BCUT2D eigenvalue weighted by Gasteiger charge is -2.05. The van der Waals surface area contributed by atoms with Crippen molar-refractivity contribution >= 4 is 31.7 Å². The van der Waals surface area contributed by atoms with Crippen LogP contribution in [0, 0.1) is 0 Å². The van der Waals surface area contributed by atoms with Crippen molar-refractivity contribution in [3.8, 4) is 0 Å². The molecule has 0 radical (unpaired) electrons. The summed E-state index contributed by atoms with van der Waals surface area (Å²) in [4.78, 5) is 11.4. The Morgan fingerprint density at radius 1 is 1.40 bits per heavy atom. The third kappa shape index (κ3) is 1.68. The molecule has 0 bridgehead atoms. The van der Waals surface area contributed by atoms with Crippen LogP contribution in [0.25, 0.3) is 0 Å². The van der Waals surface area contributed by atoms with E-state index in [0.29, 0.717) is 15.6 Å². The van der Waals surface area contributed by atoms with E-state index in [1.165, 1.54) is 0 Å². The van der Waals surface area contributed by atoms with Crippen LogP contribution < -0.4 is 0 Å². The highest BCUT2D eigenvalue weighted by Crippen LogP contribution is 2.32. The van der Waals surface area contributed by atoms with Gasteiger partial charge in [0, 0.05) is 16.3 Å². The smallest absolute Gasteiger partial charge is 0.338 e. The van der Waals surface area contributed by atoms with Crippen LogP contribution in [-0.2, 0) is 21.2 Å². The molecule has 1 aliphatic rings. The Hall–Kier alpha value is -0.880. The second kappa shape index (κ2) is 3.31. The molecule has 1 aromatic rings. The van der Waals surface area contributed by atoms with Gasteiger partial charge < -0.3 is 4.74 Å². The minimum atomic E-state index is -3.36. The van der Waals surface area contributed by atoms with Gasteiger partial charge in [-0.15, -0.1) is 0 Å². The Labute approximate surface area is 95.3 Å². The third-order valence-corrected chi connectivity index (χ3v) is 4.28. The van der Waals surface area contributed by atoms with Gasteiger partial charge in [0.15, 0.2) is 9.84 Å². The maximum Gasteiger partial charge on any atom is 0.338 e. The summed E-state index contributed by atoms with van der Waals surface area (Å²) in [6, 6.07) is 3.10. The molecule has 0 fully saturated rings. The molecule has 1 aromatic carbocycles. The van der Waals surface area contributed by atoms with E-state index in [-0.39, 0.29) is 11.5 Å². The molecule has 0 atom stereocenters. The molecular formula is C9H7BrO4S. The van der Waals surface area contributed by atoms with Crippen molar-refractivity contribution in [3.63, 3.8) is 0 Å². The molecule has 80 valence electrons. The Balaban J connectivity index is 2.81. The zero-order valence-electron chi connectivity index (χ0n) is 7.78. The molecule has 0 saturated heterocycles. The SMILES string of the molecule is CS(=O)(=O)c1c(Br)ccc2c1COC2=O. The molecule has 0 amide bonds. The van der Waals surface area contributed by atoms with Gasteiger partial charge in [-0.1, -0.05) is 0 Å². The first kappa shape index (κ1) is 10.6. The molecule has 0 N–H and O–H groups in total. The first-order chi connectivity index (χ1) is 6.91. The number of halogens is 1. The van der Waals surface area contributed by atoms with Gasteiger partial charge in [-0.25, -0.2) is 13.2 Å². The number of carbonyl (C=O) groups is 1. The zero-order chi connectivity index (χ0) is 11.2. The van der Waals surface area contributed by atoms with Crippen LogP contribution in [0.1, 0.15) is 15.9 Å². The van der Waals surface area contributed by atoms with Gasteiger partial charge in [-0.05, 0) is 28.1 Å². The number of ether oxygens (including phenoxy) is 1. The van der Waals surface area contributed by atoms with Gasteiger partial charge in [0.05, 0.1) is 10.5 Å². The fourth-order valence-corrected chi connectivity index (χ4v) is 3.84. The molecule has 0 aromatic heterocycles. The summed E-state index contributed by atoms with van der Waals surface area (Å²) in [5.74, 6) is -0.470. The van der Waals surface area contributed by atoms with Crippen LogP contribution in [0.4, 0.5) is 0 Å². The summed E-state index contributed by atoms with van der Waals surface area (Å²) in [5, 5.41) is 0. The van der Waals surface area contributed by atoms with E-state index in [1.807, 2.05) is 0 Å². The number of carbonyl (C=O) groups excluding carboxylic acids is 1. The Bertz CT molecular complexity index is 547. The second-order valence-electron chi connectivity index (χ2n) is 3.25. The van der Waals surface area contributed by atoms with Gasteiger partial charge in [-0.2, -0.15) is 0 Å². The summed E-state index contributed by atoms with van der Waals surface area (Å²) in [6.45, 7) is 0.0238. The van der Waals surface area contributed by atoms with E-state index in [0.717, 1.165) is 6.26 Å². The van der Waals surface area contributed by atoms with Gasteiger partial charge in [-0.3, -0.25) is 0 Å². The van der Waals surface area contributed by atoms with E-state index in [2.05, 4.69) is 15.9 Å². The maximum atomic E-state index is 11.5. The minimum Gasteiger partial charge on any atom is -0.457 e. The van der Waals surface area contributed by atoms with Crippen molar-refractivity contribution < 1.29 is 17.9 Å². The average molecular weight is 291 g/mol. The summed E-state index contributed by atoms with van der Waals surface area (Å²) < 4.78 is 28.3. The summed E-state index contributed by atoms with van der Waals surface area (Å²) in [5.41, 5.74) is 0.774. The number of cyclic esters (lactones) is 1. The Kier molecular flexibility index (Phi) is 2.35. The van der Waals surface area contributed by atoms with Crippen LogP contribution in [0.3, 0.4) is 0 Å². The normalized spacial score (nSPS) is 14.9. The lowest BCUT2D eigenvalue weighted by atomic mass is 10.1. The quantitative estimate of drug-likeness (QED) is 0.736. The van der Waals surface area contributed by atoms with E-state index < -0.39 is 15.8 Å². The van der Waals surface area contributed by atoms with Gasteiger partial charge >= 0.3 is 5.97 Å². The molecule has 6 heteroatoms. The number of sulfone groups is 1. The predicted molar refractivity (Wildman–Crippen MR) is 56.4 cm³/mol. The van der Waals surface area contributed by atoms with Crippen molar-refractivity contribution in [1.82, 2.24) is 0 Å². The molecule has 0 aliphatic carbocycles. The molecule has 2 rings (SSSR count). The van der Waals surface area contributed by atoms with Gasteiger partial charge in [0.25, 0.3) is 0 Å². The van der Waals surface area contributed by atoms with Crippen molar-refractivity contribution in [2.75, 3.05) is 6.26 Å². The molecular weight excluding hydrogens is 284 g/mol. The molecule has 0 saturated carbocycles. The maximum absolute atomic E-state index is 11.5. The van der Waals surface area contributed by atoms with Crippen molar-refractivity contribution in [3.05, 3.63) is 27.7 Å². The van der Waals surface area contributed by atoms with Crippen molar-refractivity contribution in [1.29, 1.82) is 0 Å². The number of hydrogen-bond donors (Lipinski definition) is 0. The van der Waals surface area contributed by atoms with Crippen LogP contribution in [-0.4, -0.2) is 20.6 Å². The van der Waals surface area contributed by atoms with Crippen molar-refractivity contribution in [2.24, 2.45) is 0 Å². The molecule has 15 heavy (non-hydrogen) atoms. The van der Waals surface area contributed by atoms with Crippen LogP contribution >= 0.6 is 15.9 Å². The summed E-state index contributed by atoms with van der Waals surface area (Å²) in [7, 11) is -3.36. The number of hydrogen-bond acceptors (Lipinski definition) is 4. The van der Waals surface area contributed by atoms with E-state index >= 15 is 0 Å². The van der Waals surface area contributed by atoms with E-state index in [9.17, 15) is 13.2 Å². The zero-order valence-corrected chi connectivity index (χ0v) is 10.2. The number of fused-ring (bicyclic) bond motifs is 1. The standard InChI is InChI=1S/C9H7BrO4S/c1-15(12,13)8-6-4-14-9(11)5(6)2-3-7(8)10/h2-3H,4H2,1H3. The average Bonchev–Trinajstić information content (AvgIpc) is 2.45. The topological polar surface area (TPSA) is 60.4 Å². The van der Waals surface area contributed by atoms with E-state index in [4.69, 9.17) is 4.74 Å². The first-order valence-corrected chi connectivity index (χ1v) is 6.78. The third-order valence-electron chi connectivity index (χ3n) is 2.15. The minimum absolute atomic E-state index is 0.0238. The molecule has 4 nitrogen and oxygen atoms in total. The monoisotopic (exact) mass is 290 g/mol. The molecule has 1 aliphatic heterocycles. The van der Waals surface area contributed by atoms with Crippen LogP contribution in [0.5, 0.6) is 0 Å². The lowest BCUT2D eigenvalue weighted by molar-refractivity contribution is 0.0534. The number of esters is 1. The molecule has 0 spiro atoms. The van der Waals surface area contributed by atoms with E-state index in [1.54, 1.807) is 12.1 Å². The largest absolute Gasteiger partial charge is 0.457 e. The van der Waals surface area contributed by atoms with Gasteiger partial charge in [0.2, 0.25) is 0 Å². The highest BCUT2D eigenvalue weighted by atomic mass is 79.9. The lowest BCUT2D eigenvalue weighted by Crippen LogP contribution is -2.04. The number of rotatable bonds is 1. The summed E-state index contributed by atoms with van der Waals surface area (Å²) >= 11 is 3.16. The number of benzene rings is 1. The Morgan fingerprint density at radius 2 is 2.07 bits per heavy atom. The molecule has 1 heterocycles. The van der Waals surface area contributed by atoms with Crippen LogP contribution in [0.2, 0.25) is 0 Å². The van der Waals surface area contributed by atoms with Crippen LogP contribution in [0.15, 0.2) is 21.5 Å². The van der Waals surface area contributed by atoms with Crippen molar-refractivity contribution in [2.45, 2.75) is 11.5 Å². The summed E-state index contributed by atoms with van der Waals surface area (Å²) in [6.07, 6.45) is 1.11.